The third-order valence-electron chi connectivity index (χ3n) is 3.74. The first-order valence-corrected chi connectivity index (χ1v) is 8.89. The van der Waals surface area contributed by atoms with Crippen molar-refractivity contribution in [2.75, 3.05) is 11.1 Å². The molecule has 2 heterocycles. The van der Waals surface area contributed by atoms with Crippen LogP contribution in [0.4, 0.5) is 5.69 Å². The van der Waals surface area contributed by atoms with Crippen LogP contribution in [0.15, 0.2) is 70.9 Å². The zero-order chi connectivity index (χ0) is 14.1. The molecule has 0 aliphatic carbocycles. The fourth-order valence-electron chi connectivity index (χ4n) is 2.73. The summed E-state index contributed by atoms with van der Waals surface area (Å²) in [7, 11) is 0. The highest BCUT2D eigenvalue weighted by Gasteiger charge is 2.23. The minimum atomic E-state index is 0.396. The molecule has 1 aromatic heterocycles. The standard InChI is InChI=1S/C18H15NS2/c1-3-8-15(13(6-1)17-10-5-11-20-17)19-16-12-21-18-9-4-2-7-14(16)18/h1-11,16,19H,12H2. The molecule has 104 valence electrons. The highest BCUT2D eigenvalue weighted by Crippen LogP contribution is 2.41. The molecule has 0 spiro atoms. The number of thiophene rings is 1. The van der Waals surface area contributed by atoms with Crippen molar-refractivity contribution in [2.45, 2.75) is 10.9 Å². The van der Waals surface area contributed by atoms with Gasteiger partial charge >= 0.3 is 0 Å². The maximum atomic E-state index is 3.74. The highest BCUT2D eigenvalue weighted by molar-refractivity contribution is 7.99. The van der Waals surface area contributed by atoms with E-state index in [9.17, 15) is 0 Å². The van der Waals surface area contributed by atoms with Crippen molar-refractivity contribution in [3.05, 3.63) is 71.6 Å². The van der Waals surface area contributed by atoms with E-state index in [4.69, 9.17) is 0 Å². The van der Waals surface area contributed by atoms with Crippen molar-refractivity contribution < 1.29 is 0 Å². The van der Waals surface area contributed by atoms with E-state index >= 15 is 0 Å². The van der Waals surface area contributed by atoms with Crippen LogP contribution in [0.25, 0.3) is 10.4 Å². The van der Waals surface area contributed by atoms with E-state index in [1.165, 1.54) is 26.6 Å². The number of para-hydroxylation sites is 1. The smallest absolute Gasteiger partial charge is 0.0618 e. The van der Waals surface area contributed by atoms with Gasteiger partial charge in [0.15, 0.2) is 0 Å². The van der Waals surface area contributed by atoms with Crippen LogP contribution in [-0.4, -0.2) is 5.75 Å². The fourth-order valence-corrected chi connectivity index (χ4v) is 4.65. The molecule has 0 saturated heterocycles. The Morgan fingerprint density at radius 3 is 2.67 bits per heavy atom. The van der Waals surface area contributed by atoms with Gasteiger partial charge in [0.05, 0.1) is 6.04 Å². The van der Waals surface area contributed by atoms with Crippen molar-refractivity contribution in [1.82, 2.24) is 0 Å². The molecule has 1 atom stereocenters. The number of thioether (sulfide) groups is 1. The number of hydrogen-bond donors (Lipinski definition) is 1. The van der Waals surface area contributed by atoms with E-state index in [0.29, 0.717) is 6.04 Å². The quantitative estimate of drug-likeness (QED) is 0.668. The summed E-state index contributed by atoms with van der Waals surface area (Å²) in [5.74, 6) is 1.10. The molecule has 0 saturated carbocycles. The molecule has 0 radical (unpaired) electrons. The highest BCUT2D eigenvalue weighted by atomic mass is 32.2. The van der Waals surface area contributed by atoms with E-state index in [1.54, 1.807) is 11.3 Å². The SMILES string of the molecule is c1csc(-c2ccccc2NC2CSc3ccccc32)c1. The summed E-state index contributed by atoms with van der Waals surface area (Å²) in [5.41, 5.74) is 3.94. The van der Waals surface area contributed by atoms with Crippen LogP contribution in [0.2, 0.25) is 0 Å². The number of nitrogens with one attached hydrogen (secondary N) is 1. The molecule has 1 aliphatic rings. The summed E-state index contributed by atoms with van der Waals surface area (Å²) >= 11 is 3.73. The van der Waals surface area contributed by atoms with E-state index in [-0.39, 0.29) is 0 Å². The molecule has 21 heavy (non-hydrogen) atoms. The van der Waals surface area contributed by atoms with E-state index < -0.39 is 0 Å². The second-order valence-electron chi connectivity index (χ2n) is 5.07. The summed E-state index contributed by atoms with van der Waals surface area (Å²) in [6.45, 7) is 0. The van der Waals surface area contributed by atoms with Gasteiger partial charge in [-0.3, -0.25) is 0 Å². The Hall–Kier alpha value is -1.71. The molecule has 0 fully saturated rings. The van der Waals surface area contributed by atoms with Crippen LogP contribution < -0.4 is 5.32 Å². The molecule has 0 bridgehead atoms. The second-order valence-corrected chi connectivity index (χ2v) is 7.08. The predicted molar refractivity (Wildman–Crippen MR) is 93.3 cm³/mol. The number of fused-ring (bicyclic) bond motifs is 1. The van der Waals surface area contributed by atoms with E-state index in [2.05, 4.69) is 71.4 Å². The molecule has 4 rings (SSSR count). The van der Waals surface area contributed by atoms with Gasteiger partial charge < -0.3 is 5.32 Å². The molecule has 2 aromatic carbocycles. The Bertz CT molecular complexity index is 749. The number of anilines is 1. The molecule has 3 aromatic rings. The van der Waals surface area contributed by atoms with Crippen LogP contribution in [0.5, 0.6) is 0 Å². The van der Waals surface area contributed by atoms with Gasteiger partial charge in [0.2, 0.25) is 0 Å². The summed E-state index contributed by atoms with van der Waals surface area (Å²) in [4.78, 5) is 2.72. The molecular weight excluding hydrogens is 294 g/mol. The van der Waals surface area contributed by atoms with Gasteiger partial charge in [0.25, 0.3) is 0 Å². The molecule has 3 heteroatoms. The molecule has 1 N–H and O–H groups in total. The first kappa shape index (κ1) is 13.0. The summed E-state index contributed by atoms with van der Waals surface area (Å²) in [6, 6.07) is 22.0. The van der Waals surface area contributed by atoms with Gasteiger partial charge in [-0.25, -0.2) is 0 Å². The van der Waals surface area contributed by atoms with Crippen molar-refractivity contribution >= 4 is 28.8 Å². The lowest BCUT2D eigenvalue weighted by molar-refractivity contribution is 0.901. The van der Waals surface area contributed by atoms with Crippen molar-refractivity contribution in [1.29, 1.82) is 0 Å². The number of benzene rings is 2. The maximum absolute atomic E-state index is 3.74. The summed E-state index contributed by atoms with van der Waals surface area (Å²) in [6.07, 6.45) is 0. The van der Waals surface area contributed by atoms with Crippen molar-refractivity contribution in [2.24, 2.45) is 0 Å². The van der Waals surface area contributed by atoms with Gasteiger partial charge in [-0.15, -0.1) is 23.1 Å². The Morgan fingerprint density at radius 2 is 1.76 bits per heavy atom. The fraction of sp³-hybridized carbons (Fsp3) is 0.111. The normalized spacial score (nSPS) is 16.7. The molecule has 1 unspecified atom stereocenters. The first-order valence-electron chi connectivity index (χ1n) is 7.03. The van der Waals surface area contributed by atoms with Crippen molar-refractivity contribution in [3.63, 3.8) is 0 Å². The maximum Gasteiger partial charge on any atom is 0.0618 e. The van der Waals surface area contributed by atoms with Crippen molar-refractivity contribution in [3.8, 4) is 10.4 Å². The lowest BCUT2D eigenvalue weighted by Crippen LogP contribution is -2.10. The lowest BCUT2D eigenvalue weighted by Gasteiger charge is -2.17. The van der Waals surface area contributed by atoms with E-state index in [1.807, 2.05) is 11.8 Å². The van der Waals surface area contributed by atoms with Gasteiger partial charge in [-0.1, -0.05) is 42.5 Å². The van der Waals surface area contributed by atoms with Gasteiger partial charge in [0.1, 0.15) is 0 Å². The number of hydrogen-bond acceptors (Lipinski definition) is 3. The first-order chi connectivity index (χ1) is 10.4. The zero-order valence-corrected chi connectivity index (χ0v) is 13.1. The van der Waals surface area contributed by atoms with Crippen LogP contribution in [0.3, 0.4) is 0 Å². The van der Waals surface area contributed by atoms with Crippen LogP contribution >= 0.6 is 23.1 Å². The molecule has 1 nitrogen and oxygen atoms in total. The van der Waals surface area contributed by atoms with Gasteiger partial charge in [-0.2, -0.15) is 0 Å². The average Bonchev–Trinajstić information content (AvgIpc) is 3.18. The largest absolute Gasteiger partial charge is 0.377 e. The minimum absolute atomic E-state index is 0.396. The Kier molecular flexibility index (Phi) is 3.45. The lowest BCUT2D eigenvalue weighted by atomic mass is 10.1. The summed E-state index contributed by atoms with van der Waals surface area (Å²) < 4.78 is 0. The Morgan fingerprint density at radius 1 is 0.905 bits per heavy atom. The molecule has 1 aliphatic heterocycles. The Labute approximate surface area is 133 Å². The van der Waals surface area contributed by atoms with Crippen LogP contribution in [0, 0.1) is 0 Å². The summed E-state index contributed by atoms with van der Waals surface area (Å²) in [5, 5.41) is 5.87. The monoisotopic (exact) mass is 309 g/mol. The van der Waals surface area contributed by atoms with Crippen LogP contribution in [-0.2, 0) is 0 Å². The third-order valence-corrected chi connectivity index (χ3v) is 5.83. The third kappa shape index (κ3) is 2.47. The predicted octanol–water partition coefficient (Wildman–Crippen LogP) is 5.67. The minimum Gasteiger partial charge on any atom is -0.377 e. The molecule has 0 amide bonds. The topological polar surface area (TPSA) is 12.0 Å². The average molecular weight is 309 g/mol. The number of rotatable bonds is 3. The molecular formula is C18H15NS2. The zero-order valence-electron chi connectivity index (χ0n) is 11.5. The Balaban J connectivity index is 1.67. The van der Waals surface area contributed by atoms with Gasteiger partial charge in [0, 0.05) is 26.8 Å². The van der Waals surface area contributed by atoms with Crippen LogP contribution in [0.1, 0.15) is 11.6 Å². The van der Waals surface area contributed by atoms with Gasteiger partial charge in [-0.05, 0) is 29.1 Å². The second kappa shape index (κ2) is 5.58. The van der Waals surface area contributed by atoms with E-state index in [0.717, 1.165) is 5.75 Å².